The van der Waals surface area contributed by atoms with Crippen molar-refractivity contribution in [3.8, 4) is 0 Å². The lowest BCUT2D eigenvalue weighted by molar-refractivity contribution is -0.137. The summed E-state index contributed by atoms with van der Waals surface area (Å²) in [6.07, 6.45) is -0.0244. The Bertz CT molecular complexity index is 556. The summed E-state index contributed by atoms with van der Waals surface area (Å²) in [6, 6.07) is 3.96. The highest BCUT2D eigenvalue weighted by atomic mass is 19.4. The smallest absolute Gasteiger partial charge is 0.416 e. The highest BCUT2D eigenvalue weighted by molar-refractivity contribution is 5.67. The number of hydrogen-bond acceptors (Lipinski definition) is 3. The molecule has 0 bridgehead atoms. The van der Waals surface area contributed by atoms with E-state index in [1.165, 1.54) is 12.1 Å². The second-order valence-corrected chi connectivity index (χ2v) is 5.59. The number of alkyl halides is 3. The van der Waals surface area contributed by atoms with Gasteiger partial charge in [0.2, 0.25) is 0 Å². The highest BCUT2D eigenvalue weighted by Gasteiger charge is 2.31. The first-order valence-electron chi connectivity index (χ1n) is 8.17. The third-order valence-corrected chi connectivity index (χ3v) is 3.69. The number of aliphatic hydroxyl groups is 1. The molecule has 0 aliphatic carbocycles. The lowest BCUT2D eigenvalue weighted by Crippen LogP contribution is -2.41. The Kier molecular flexibility index (Phi) is 8.48. The van der Waals surface area contributed by atoms with E-state index in [0.29, 0.717) is 5.56 Å². The molecule has 1 amide bonds. The molecule has 7 heteroatoms. The number of carbonyl (C=O) groups is 1. The first kappa shape index (κ1) is 21.0. The fourth-order valence-corrected chi connectivity index (χ4v) is 2.33. The average molecular weight is 359 g/mol. The number of rotatable bonds is 8. The zero-order valence-electron chi connectivity index (χ0n) is 14.3. The van der Waals surface area contributed by atoms with Crippen molar-refractivity contribution >= 4 is 6.09 Å². The molecule has 0 spiro atoms. The number of halogens is 3. The normalized spacial score (nSPS) is 14.3. The molecule has 0 fully saturated rings. The molecule has 0 saturated carbocycles. The fraction of sp³-hybridized carbons (Fsp3) is 0.500. The summed E-state index contributed by atoms with van der Waals surface area (Å²) < 4.78 is 43.1. The maximum Gasteiger partial charge on any atom is 0.416 e. The summed E-state index contributed by atoms with van der Waals surface area (Å²) in [5.41, 5.74) is -0.193. The number of ether oxygens (including phenoxy) is 1. The summed E-state index contributed by atoms with van der Waals surface area (Å²) in [5.74, 6) is -0.476. The number of aliphatic hydroxyl groups excluding tert-OH is 1. The van der Waals surface area contributed by atoms with Gasteiger partial charge in [-0.3, -0.25) is 0 Å². The van der Waals surface area contributed by atoms with Crippen LogP contribution in [0.15, 0.2) is 36.4 Å². The zero-order valence-corrected chi connectivity index (χ0v) is 14.3. The summed E-state index contributed by atoms with van der Waals surface area (Å²) in [4.78, 5) is 11.8. The topological polar surface area (TPSA) is 58.6 Å². The Morgan fingerprint density at radius 1 is 1.32 bits per heavy atom. The minimum atomic E-state index is -4.41. The molecule has 0 aromatic heterocycles. The molecule has 1 aromatic carbocycles. The molecular formula is C18H24F3NO3. The summed E-state index contributed by atoms with van der Waals surface area (Å²) >= 11 is 0. The van der Waals surface area contributed by atoms with E-state index in [9.17, 15) is 23.1 Å². The number of hydrogen-bond donors (Lipinski definition) is 2. The predicted molar refractivity (Wildman–Crippen MR) is 89.3 cm³/mol. The second kappa shape index (κ2) is 10.1. The molecule has 25 heavy (non-hydrogen) atoms. The third-order valence-electron chi connectivity index (χ3n) is 3.69. The average Bonchev–Trinajstić information content (AvgIpc) is 2.57. The van der Waals surface area contributed by atoms with Crippen LogP contribution in [0, 0.1) is 0 Å². The van der Waals surface area contributed by atoms with E-state index in [1.807, 2.05) is 6.92 Å². The minimum absolute atomic E-state index is 0.273. The van der Waals surface area contributed by atoms with Crippen LogP contribution in [-0.2, 0) is 10.9 Å². The third kappa shape index (κ3) is 6.78. The van der Waals surface area contributed by atoms with Crippen molar-refractivity contribution in [1.82, 2.24) is 5.32 Å². The summed E-state index contributed by atoms with van der Waals surface area (Å²) in [6.45, 7) is 3.61. The fourth-order valence-electron chi connectivity index (χ4n) is 2.33. The lowest BCUT2D eigenvalue weighted by Gasteiger charge is -2.24. The molecule has 1 aromatic rings. The van der Waals surface area contributed by atoms with Crippen LogP contribution >= 0.6 is 0 Å². The second-order valence-electron chi connectivity index (χ2n) is 5.59. The quantitative estimate of drug-likeness (QED) is 0.539. The van der Waals surface area contributed by atoms with Gasteiger partial charge in [0, 0.05) is 5.92 Å². The Morgan fingerprint density at radius 3 is 2.44 bits per heavy atom. The number of nitrogens with one attached hydrogen (secondary N) is 1. The molecule has 0 saturated heterocycles. The maximum atomic E-state index is 12.7. The van der Waals surface area contributed by atoms with E-state index in [4.69, 9.17) is 4.74 Å². The van der Waals surface area contributed by atoms with Gasteiger partial charge in [-0.15, -0.1) is 0 Å². The molecule has 0 radical (unpaired) electrons. The van der Waals surface area contributed by atoms with E-state index in [0.717, 1.165) is 25.0 Å². The van der Waals surface area contributed by atoms with Crippen molar-refractivity contribution < 1.29 is 27.8 Å². The van der Waals surface area contributed by atoms with Crippen molar-refractivity contribution in [1.29, 1.82) is 0 Å². The molecule has 0 unspecified atom stereocenters. The molecule has 4 nitrogen and oxygen atoms in total. The molecule has 2 N–H and O–H groups in total. The monoisotopic (exact) mass is 359 g/mol. The number of amides is 1. The Labute approximate surface area is 145 Å². The SMILES string of the molecule is C/C=C/[C@@H](c1ccc(C(F)(F)F)cc1)[C@@H](CO)NC(=O)OCCCC. The molecule has 2 atom stereocenters. The number of alkyl carbamates (subject to hydrolysis) is 1. The molecule has 1 rings (SSSR count). The van der Waals surface area contributed by atoms with Crippen molar-refractivity contribution in [3.05, 3.63) is 47.5 Å². The van der Waals surface area contributed by atoms with Gasteiger partial charge in [0.1, 0.15) is 0 Å². The van der Waals surface area contributed by atoms with E-state index in [1.54, 1.807) is 19.1 Å². The Hall–Kier alpha value is -2.02. The van der Waals surface area contributed by atoms with E-state index in [-0.39, 0.29) is 13.2 Å². The van der Waals surface area contributed by atoms with Gasteiger partial charge < -0.3 is 15.2 Å². The molecule has 0 aliphatic heterocycles. The number of benzene rings is 1. The molecule has 0 heterocycles. The first-order valence-corrected chi connectivity index (χ1v) is 8.17. The van der Waals surface area contributed by atoms with E-state index < -0.39 is 29.8 Å². The maximum absolute atomic E-state index is 12.7. The van der Waals surface area contributed by atoms with Gasteiger partial charge in [-0.1, -0.05) is 37.6 Å². The highest BCUT2D eigenvalue weighted by Crippen LogP contribution is 2.31. The van der Waals surface area contributed by atoms with Crippen LogP contribution in [0.2, 0.25) is 0 Å². The van der Waals surface area contributed by atoms with Crippen LogP contribution in [0.25, 0.3) is 0 Å². The van der Waals surface area contributed by atoms with E-state index in [2.05, 4.69) is 5.32 Å². The summed E-state index contributed by atoms with van der Waals surface area (Å²) in [5, 5.41) is 12.2. The van der Waals surface area contributed by atoms with E-state index >= 15 is 0 Å². The zero-order chi connectivity index (χ0) is 18.9. The van der Waals surface area contributed by atoms with Crippen LogP contribution in [0.1, 0.15) is 43.7 Å². The minimum Gasteiger partial charge on any atom is -0.450 e. The van der Waals surface area contributed by atoms with Crippen molar-refractivity contribution in [3.63, 3.8) is 0 Å². The first-order chi connectivity index (χ1) is 11.8. The van der Waals surface area contributed by atoms with Crippen LogP contribution in [0.4, 0.5) is 18.0 Å². The van der Waals surface area contributed by atoms with Crippen molar-refractivity contribution in [2.45, 2.75) is 44.8 Å². The number of unbranched alkanes of at least 4 members (excludes halogenated alkanes) is 1. The van der Waals surface area contributed by atoms with Crippen LogP contribution in [0.5, 0.6) is 0 Å². The van der Waals surface area contributed by atoms with Crippen LogP contribution in [0.3, 0.4) is 0 Å². The van der Waals surface area contributed by atoms with Gasteiger partial charge in [-0.2, -0.15) is 13.2 Å². The van der Waals surface area contributed by atoms with Crippen molar-refractivity contribution in [2.75, 3.05) is 13.2 Å². The van der Waals surface area contributed by atoms with Crippen LogP contribution < -0.4 is 5.32 Å². The van der Waals surface area contributed by atoms with Gasteiger partial charge in [0.25, 0.3) is 0 Å². The molecular weight excluding hydrogens is 335 g/mol. The summed E-state index contributed by atoms with van der Waals surface area (Å²) in [7, 11) is 0. The van der Waals surface area contributed by atoms with Gasteiger partial charge in [-0.25, -0.2) is 4.79 Å². The molecule has 0 aliphatic rings. The number of allylic oxidation sites excluding steroid dienone is 1. The number of carbonyl (C=O) groups excluding carboxylic acids is 1. The standard InChI is InChI=1S/C18H24F3NO3/c1-3-5-11-25-17(24)22-16(12-23)15(6-4-2)13-7-9-14(10-8-13)18(19,20)21/h4,6-10,15-16,23H,3,5,11-12H2,1-2H3,(H,22,24)/b6-4+/t15-,16+/m0/s1. The van der Waals surface area contributed by atoms with Gasteiger partial charge in [0.05, 0.1) is 24.8 Å². The van der Waals surface area contributed by atoms with Gasteiger partial charge in [0.15, 0.2) is 0 Å². The van der Waals surface area contributed by atoms with Gasteiger partial charge >= 0.3 is 12.3 Å². The largest absolute Gasteiger partial charge is 0.450 e. The Morgan fingerprint density at radius 2 is 1.96 bits per heavy atom. The van der Waals surface area contributed by atoms with Gasteiger partial charge in [-0.05, 0) is 31.0 Å². The van der Waals surface area contributed by atoms with Crippen LogP contribution in [-0.4, -0.2) is 30.5 Å². The molecule has 140 valence electrons. The lowest BCUT2D eigenvalue weighted by atomic mass is 9.90. The van der Waals surface area contributed by atoms with Crippen molar-refractivity contribution in [2.24, 2.45) is 0 Å². The Balaban J connectivity index is 2.90. The predicted octanol–water partition coefficient (Wildman–Crippen LogP) is 4.25.